The first kappa shape index (κ1) is 14.7. The largest absolute Gasteiger partial charge is 0.396 e. The van der Waals surface area contributed by atoms with Gasteiger partial charge in [-0.1, -0.05) is 13.3 Å². The highest BCUT2D eigenvalue weighted by molar-refractivity contribution is 5.94. The fourth-order valence-corrected chi connectivity index (χ4v) is 2.48. The molecule has 1 fully saturated rings. The van der Waals surface area contributed by atoms with Crippen molar-refractivity contribution >= 4 is 11.9 Å². The predicted molar refractivity (Wildman–Crippen MR) is 75.8 cm³/mol. The minimum absolute atomic E-state index is 0.0277. The Kier molecular flexibility index (Phi) is 4.54. The Hall–Kier alpha value is -1.69. The van der Waals surface area contributed by atoms with Crippen molar-refractivity contribution in [1.82, 2.24) is 9.97 Å². The van der Waals surface area contributed by atoms with Crippen LogP contribution in [0.2, 0.25) is 0 Å². The van der Waals surface area contributed by atoms with E-state index in [4.69, 9.17) is 5.11 Å². The number of aromatic nitrogens is 2. The highest BCUT2D eigenvalue weighted by Gasteiger charge is 2.31. The zero-order valence-electron chi connectivity index (χ0n) is 12.0. The zero-order chi connectivity index (χ0) is 14.7. The molecule has 2 N–H and O–H groups in total. The Balaban J connectivity index is 2.26. The van der Waals surface area contributed by atoms with Gasteiger partial charge in [0.05, 0.1) is 0 Å². The molecule has 0 bridgehead atoms. The normalized spacial score (nSPS) is 18.9. The quantitative estimate of drug-likeness (QED) is 0.833. The number of nitrogens with one attached hydrogen (secondary N) is 1. The fraction of sp³-hybridized carbons (Fsp3) is 0.643. The number of amides is 1. The highest BCUT2D eigenvalue weighted by Crippen LogP contribution is 2.21. The zero-order valence-corrected chi connectivity index (χ0v) is 12.0. The van der Waals surface area contributed by atoms with Gasteiger partial charge in [0.15, 0.2) is 0 Å². The highest BCUT2D eigenvalue weighted by atomic mass is 16.3. The minimum atomic E-state index is -0.166. The van der Waals surface area contributed by atoms with Gasteiger partial charge in [-0.2, -0.15) is 0 Å². The van der Waals surface area contributed by atoms with Crippen LogP contribution in [0.1, 0.15) is 37.4 Å². The molecule has 1 aromatic heterocycles. The van der Waals surface area contributed by atoms with Crippen molar-refractivity contribution in [3.05, 3.63) is 21.6 Å². The third-order valence-electron chi connectivity index (χ3n) is 3.71. The number of hydrogen-bond acceptors (Lipinski definition) is 4. The topological polar surface area (TPSA) is 86.3 Å². The number of rotatable bonds is 5. The van der Waals surface area contributed by atoms with Gasteiger partial charge >= 0.3 is 0 Å². The summed E-state index contributed by atoms with van der Waals surface area (Å²) in [5.41, 5.74) is 1.21. The Bertz CT molecular complexity index is 553. The first-order valence-corrected chi connectivity index (χ1v) is 7.07. The van der Waals surface area contributed by atoms with Crippen molar-refractivity contribution in [2.75, 3.05) is 18.1 Å². The molecule has 0 radical (unpaired) electrons. The van der Waals surface area contributed by atoms with Crippen LogP contribution in [0.15, 0.2) is 4.79 Å². The Morgan fingerprint density at radius 3 is 2.75 bits per heavy atom. The molecule has 20 heavy (non-hydrogen) atoms. The molecule has 2 heterocycles. The van der Waals surface area contributed by atoms with Crippen molar-refractivity contribution in [1.29, 1.82) is 0 Å². The van der Waals surface area contributed by atoms with E-state index in [-0.39, 0.29) is 24.0 Å². The molecule has 1 aliphatic heterocycles. The van der Waals surface area contributed by atoms with Gasteiger partial charge in [0, 0.05) is 36.7 Å². The number of aryl methyl sites for hydroxylation is 1. The van der Waals surface area contributed by atoms with Gasteiger partial charge in [-0.25, -0.2) is 4.98 Å². The summed E-state index contributed by atoms with van der Waals surface area (Å²) in [6.07, 6.45) is 2.97. The van der Waals surface area contributed by atoms with Crippen LogP contribution in [0.5, 0.6) is 0 Å². The van der Waals surface area contributed by atoms with Gasteiger partial charge in [0.25, 0.3) is 5.56 Å². The molecule has 2 rings (SSSR count). The molecule has 110 valence electrons. The molecule has 1 atom stereocenters. The molecular weight excluding hydrogens is 258 g/mol. The van der Waals surface area contributed by atoms with Crippen LogP contribution in [0.25, 0.3) is 0 Å². The number of aliphatic hydroxyl groups is 1. The third-order valence-corrected chi connectivity index (χ3v) is 3.71. The van der Waals surface area contributed by atoms with E-state index in [0.29, 0.717) is 36.6 Å². The maximum Gasteiger partial charge on any atom is 0.255 e. The van der Waals surface area contributed by atoms with E-state index in [2.05, 4.69) is 16.9 Å². The van der Waals surface area contributed by atoms with E-state index in [9.17, 15) is 9.59 Å². The van der Waals surface area contributed by atoms with Gasteiger partial charge < -0.3 is 5.11 Å². The number of H-pyrrole nitrogens is 1. The number of carbonyl (C=O) groups excluding carboxylic acids is 1. The summed E-state index contributed by atoms with van der Waals surface area (Å²) < 4.78 is 0. The van der Waals surface area contributed by atoms with Crippen LogP contribution in [0, 0.1) is 12.8 Å². The van der Waals surface area contributed by atoms with E-state index in [1.54, 1.807) is 6.92 Å². The van der Waals surface area contributed by atoms with Gasteiger partial charge in [0.2, 0.25) is 11.9 Å². The molecule has 0 spiro atoms. The molecular formula is C14H21N3O3. The van der Waals surface area contributed by atoms with Crippen LogP contribution in [-0.4, -0.2) is 34.1 Å². The second kappa shape index (κ2) is 6.17. The van der Waals surface area contributed by atoms with Crippen molar-refractivity contribution in [2.45, 2.75) is 39.5 Å². The van der Waals surface area contributed by atoms with Crippen LogP contribution in [0.4, 0.5) is 5.95 Å². The fourth-order valence-electron chi connectivity index (χ4n) is 2.48. The van der Waals surface area contributed by atoms with Crippen LogP contribution < -0.4 is 10.5 Å². The van der Waals surface area contributed by atoms with Crippen LogP contribution >= 0.6 is 0 Å². The van der Waals surface area contributed by atoms with Crippen LogP contribution in [-0.2, 0) is 11.2 Å². The molecule has 0 aromatic carbocycles. The average molecular weight is 279 g/mol. The number of aliphatic hydroxyl groups excluding tert-OH is 1. The Labute approximate surface area is 117 Å². The summed E-state index contributed by atoms with van der Waals surface area (Å²) in [7, 11) is 0. The lowest BCUT2D eigenvalue weighted by molar-refractivity contribution is -0.117. The van der Waals surface area contributed by atoms with E-state index < -0.39 is 0 Å². The maximum absolute atomic E-state index is 12.1. The maximum atomic E-state index is 12.1. The predicted octanol–water partition coefficient (Wildman–Crippen LogP) is 0.766. The standard InChI is InChI=1S/C14H21N3O3/c1-3-4-5-11-9(2)15-14(16-13(11)20)17-7-10(8-18)6-12(17)19/h10,18H,3-8H2,1-2H3,(H,15,16,20). The van der Waals surface area contributed by atoms with Crippen LogP contribution in [0.3, 0.4) is 0 Å². The van der Waals surface area contributed by atoms with E-state index >= 15 is 0 Å². The van der Waals surface area contributed by atoms with E-state index in [1.807, 2.05) is 0 Å². The van der Waals surface area contributed by atoms with Crippen molar-refractivity contribution in [3.63, 3.8) is 0 Å². The smallest absolute Gasteiger partial charge is 0.255 e. The SMILES string of the molecule is CCCCc1c(C)nc(N2CC(CO)CC2=O)[nH]c1=O. The first-order valence-electron chi connectivity index (χ1n) is 7.07. The molecule has 1 unspecified atom stereocenters. The summed E-state index contributed by atoms with van der Waals surface area (Å²) >= 11 is 0. The monoisotopic (exact) mass is 279 g/mol. The number of nitrogens with zero attached hydrogens (tertiary/aromatic N) is 2. The molecule has 0 saturated carbocycles. The lowest BCUT2D eigenvalue weighted by Gasteiger charge is -2.16. The summed E-state index contributed by atoms with van der Waals surface area (Å²) in [5, 5.41) is 9.13. The molecule has 1 saturated heterocycles. The molecule has 6 nitrogen and oxygen atoms in total. The second-order valence-electron chi connectivity index (χ2n) is 5.31. The van der Waals surface area contributed by atoms with Crippen molar-refractivity contribution in [2.24, 2.45) is 5.92 Å². The summed E-state index contributed by atoms with van der Waals surface area (Å²) in [5.74, 6) is 0.120. The number of carbonyl (C=O) groups is 1. The summed E-state index contributed by atoms with van der Waals surface area (Å²) in [6.45, 7) is 4.25. The number of hydrogen-bond donors (Lipinski definition) is 2. The summed E-state index contributed by atoms with van der Waals surface area (Å²) in [4.78, 5) is 32.5. The molecule has 1 amide bonds. The van der Waals surface area contributed by atoms with Gasteiger partial charge in [-0.05, 0) is 19.8 Å². The van der Waals surface area contributed by atoms with Crippen molar-refractivity contribution < 1.29 is 9.90 Å². The van der Waals surface area contributed by atoms with E-state index in [0.717, 1.165) is 12.8 Å². The van der Waals surface area contributed by atoms with Gasteiger partial charge in [-0.15, -0.1) is 0 Å². The first-order chi connectivity index (χ1) is 9.56. The third kappa shape index (κ3) is 2.90. The number of aromatic amines is 1. The molecule has 1 aromatic rings. The minimum Gasteiger partial charge on any atom is -0.396 e. The lowest BCUT2D eigenvalue weighted by atomic mass is 10.1. The Morgan fingerprint density at radius 2 is 2.20 bits per heavy atom. The number of unbranched alkanes of at least 4 members (excludes halogenated alkanes) is 1. The Morgan fingerprint density at radius 1 is 1.45 bits per heavy atom. The van der Waals surface area contributed by atoms with Gasteiger partial charge in [0.1, 0.15) is 0 Å². The average Bonchev–Trinajstić information content (AvgIpc) is 2.79. The van der Waals surface area contributed by atoms with E-state index in [1.165, 1.54) is 4.90 Å². The van der Waals surface area contributed by atoms with Gasteiger partial charge in [-0.3, -0.25) is 19.5 Å². The molecule has 1 aliphatic rings. The second-order valence-corrected chi connectivity index (χ2v) is 5.31. The summed E-state index contributed by atoms with van der Waals surface area (Å²) in [6, 6.07) is 0. The number of anilines is 1. The van der Waals surface area contributed by atoms with Crippen molar-refractivity contribution in [3.8, 4) is 0 Å². The molecule has 6 heteroatoms. The molecule has 0 aliphatic carbocycles. The lowest BCUT2D eigenvalue weighted by Crippen LogP contribution is -2.30.